The summed E-state index contributed by atoms with van der Waals surface area (Å²) in [5.74, 6) is 0.696. The number of nitrogens with zero attached hydrogens (tertiary/aromatic N) is 1. The van der Waals surface area contributed by atoms with Crippen LogP contribution < -0.4 is 0 Å². The molecule has 1 aliphatic heterocycles. The van der Waals surface area contributed by atoms with E-state index in [0.29, 0.717) is 36.3 Å². The minimum atomic E-state index is -4.47. The van der Waals surface area contributed by atoms with E-state index in [-0.39, 0.29) is 11.6 Å². The summed E-state index contributed by atoms with van der Waals surface area (Å²) in [7, 11) is 0. The molecule has 0 saturated carbocycles. The molecule has 0 bridgehead atoms. The lowest BCUT2D eigenvalue weighted by Crippen LogP contribution is -2.43. The molecule has 6 heteroatoms. The fraction of sp³-hybridized carbons (Fsp3) is 0.667. The van der Waals surface area contributed by atoms with E-state index in [9.17, 15) is 18.0 Å². The topological polar surface area (TPSA) is 36.1 Å². The zero-order valence-electron chi connectivity index (χ0n) is 12.0. The van der Waals surface area contributed by atoms with Gasteiger partial charge in [0.15, 0.2) is 6.29 Å². The van der Waals surface area contributed by atoms with Crippen LogP contribution in [0.5, 0.6) is 0 Å². The zero-order valence-corrected chi connectivity index (χ0v) is 12.0. The predicted octanol–water partition coefficient (Wildman–Crippen LogP) is 2.90. The van der Waals surface area contributed by atoms with Crippen molar-refractivity contribution in [2.75, 3.05) is 19.6 Å². The molecule has 1 fully saturated rings. The second-order valence-corrected chi connectivity index (χ2v) is 6.10. The van der Waals surface area contributed by atoms with Crippen molar-refractivity contribution < 1.29 is 18.0 Å². The van der Waals surface area contributed by atoms with E-state index in [1.54, 1.807) is 0 Å². The molecule has 3 rings (SSSR count). The molecule has 1 aliphatic carbocycles. The van der Waals surface area contributed by atoms with Crippen LogP contribution in [0.3, 0.4) is 0 Å². The number of carbonyl (C=O) groups is 1. The van der Waals surface area contributed by atoms with E-state index in [4.69, 9.17) is 0 Å². The maximum atomic E-state index is 13.2. The highest BCUT2D eigenvalue weighted by Crippen LogP contribution is 2.43. The number of halogens is 3. The highest BCUT2D eigenvalue weighted by molar-refractivity contribution is 5.76. The fourth-order valence-corrected chi connectivity index (χ4v) is 3.89. The Hall–Kier alpha value is -1.30. The molecular formula is C15H19F3N2O. The third-order valence-electron chi connectivity index (χ3n) is 4.98. The van der Waals surface area contributed by atoms with Gasteiger partial charge in [0.05, 0.1) is 11.3 Å². The van der Waals surface area contributed by atoms with E-state index in [1.807, 2.05) is 0 Å². The summed E-state index contributed by atoms with van der Waals surface area (Å²) in [4.78, 5) is 16.0. The van der Waals surface area contributed by atoms with Gasteiger partial charge in [-0.2, -0.15) is 13.2 Å². The third-order valence-corrected chi connectivity index (χ3v) is 4.98. The van der Waals surface area contributed by atoms with Gasteiger partial charge in [0, 0.05) is 12.2 Å². The molecule has 2 unspecified atom stereocenters. The van der Waals surface area contributed by atoms with Gasteiger partial charge in [-0.05, 0) is 49.8 Å². The van der Waals surface area contributed by atoms with Gasteiger partial charge in [-0.3, -0.25) is 4.79 Å². The summed E-state index contributed by atoms with van der Waals surface area (Å²) >= 11 is 0. The molecule has 0 aromatic carbocycles. The van der Waals surface area contributed by atoms with Gasteiger partial charge in [-0.25, -0.2) is 0 Å². The number of hydrogen-bond acceptors (Lipinski definition) is 2. The standard InChI is InChI=1S/C15H19F3N2O/c1-2-20-4-3-9-6-12-11(5-10(9)7-20)14(15(16,17)18)13(8-21)19-12/h8-10,19H,2-7H2,1H3. The first kappa shape index (κ1) is 14.6. The maximum Gasteiger partial charge on any atom is 0.418 e. The molecule has 1 N–H and O–H groups in total. The molecule has 1 aromatic rings. The molecule has 1 aromatic heterocycles. The number of carbonyl (C=O) groups excluding carboxylic acids is 1. The molecule has 0 amide bonds. The van der Waals surface area contributed by atoms with E-state index in [1.165, 1.54) is 0 Å². The molecule has 2 atom stereocenters. The first-order valence-electron chi connectivity index (χ1n) is 7.42. The number of aldehydes is 1. The van der Waals surface area contributed by atoms with Gasteiger partial charge < -0.3 is 9.88 Å². The van der Waals surface area contributed by atoms with Gasteiger partial charge in [-0.15, -0.1) is 0 Å². The number of H-pyrrole nitrogens is 1. The van der Waals surface area contributed by atoms with Gasteiger partial charge >= 0.3 is 6.18 Å². The second kappa shape index (κ2) is 5.16. The molecule has 2 heterocycles. The summed E-state index contributed by atoms with van der Waals surface area (Å²) in [6, 6.07) is 0. The Morgan fingerprint density at radius 2 is 2.10 bits per heavy atom. The van der Waals surface area contributed by atoms with Crippen LogP contribution in [0, 0.1) is 11.8 Å². The van der Waals surface area contributed by atoms with Crippen LogP contribution in [-0.4, -0.2) is 35.8 Å². The molecule has 1 saturated heterocycles. The number of likely N-dealkylation sites (tertiary alicyclic amines) is 1. The van der Waals surface area contributed by atoms with Crippen molar-refractivity contribution in [3.8, 4) is 0 Å². The van der Waals surface area contributed by atoms with Crippen LogP contribution in [0.15, 0.2) is 0 Å². The third kappa shape index (κ3) is 2.50. The molecule has 3 nitrogen and oxygen atoms in total. The summed E-state index contributed by atoms with van der Waals surface area (Å²) in [5.41, 5.74) is -0.0995. The van der Waals surface area contributed by atoms with Gasteiger partial charge in [0.25, 0.3) is 0 Å². The highest BCUT2D eigenvalue weighted by atomic mass is 19.4. The van der Waals surface area contributed by atoms with Gasteiger partial charge in [0.2, 0.25) is 0 Å². The van der Waals surface area contributed by atoms with E-state index < -0.39 is 11.7 Å². The van der Waals surface area contributed by atoms with Crippen molar-refractivity contribution in [2.45, 2.75) is 32.4 Å². The Bertz CT molecular complexity index is 550. The van der Waals surface area contributed by atoms with Crippen molar-refractivity contribution in [3.05, 3.63) is 22.5 Å². The van der Waals surface area contributed by atoms with Crippen LogP contribution >= 0.6 is 0 Å². The van der Waals surface area contributed by atoms with Crippen molar-refractivity contribution in [2.24, 2.45) is 11.8 Å². The van der Waals surface area contributed by atoms with E-state index in [2.05, 4.69) is 16.8 Å². The first-order valence-corrected chi connectivity index (χ1v) is 7.42. The monoisotopic (exact) mass is 300 g/mol. The Labute approximate surface area is 121 Å². The van der Waals surface area contributed by atoms with Gasteiger partial charge in [0.1, 0.15) is 0 Å². The average molecular weight is 300 g/mol. The Kier molecular flexibility index (Phi) is 3.59. The quantitative estimate of drug-likeness (QED) is 0.853. The lowest BCUT2D eigenvalue weighted by Gasteiger charge is -2.41. The van der Waals surface area contributed by atoms with Crippen LogP contribution in [0.25, 0.3) is 0 Å². The number of piperidine rings is 1. The molecule has 21 heavy (non-hydrogen) atoms. The summed E-state index contributed by atoms with van der Waals surface area (Å²) in [6.45, 7) is 4.89. The van der Waals surface area contributed by atoms with Crippen molar-refractivity contribution in [1.82, 2.24) is 9.88 Å². The van der Waals surface area contributed by atoms with Crippen LogP contribution in [0.1, 0.15) is 40.7 Å². The number of hydrogen-bond donors (Lipinski definition) is 1. The number of aromatic amines is 1. The maximum absolute atomic E-state index is 13.2. The highest BCUT2D eigenvalue weighted by Gasteiger charge is 2.43. The lowest BCUT2D eigenvalue weighted by molar-refractivity contribution is -0.138. The van der Waals surface area contributed by atoms with Crippen LogP contribution in [-0.2, 0) is 19.0 Å². The molecule has 0 radical (unpaired) electrons. The molecule has 116 valence electrons. The lowest BCUT2D eigenvalue weighted by atomic mass is 9.73. The van der Waals surface area contributed by atoms with Gasteiger partial charge in [-0.1, -0.05) is 6.92 Å². The average Bonchev–Trinajstić information content (AvgIpc) is 2.81. The summed E-state index contributed by atoms with van der Waals surface area (Å²) < 4.78 is 39.7. The van der Waals surface area contributed by atoms with Crippen molar-refractivity contribution in [3.63, 3.8) is 0 Å². The molecule has 0 spiro atoms. The number of aromatic nitrogens is 1. The Morgan fingerprint density at radius 1 is 1.33 bits per heavy atom. The smallest absolute Gasteiger partial charge is 0.355 e. The molecule has 2 aliphatic rings. The minimum absolute atomic E-state index is 0.266. The van der Waals surface area contributed by atoms with Crippen molar-refractivity contribution >= 4 is 6.29 Å². The van der Waals surface area contributed by atoms with E-state index >= 15 is 0 Å². The number of rotatable bonds is 2. The molecular weight excluding hydrogens is 281 g/mol. The largest absolute Gasteiger partial charge is 0.418 e. The number of nitrogens with one attached hydrogen (secondary N) is 1. The summed E-state index contributed by atoms with van der Waals surface area (Å²) in [5, 5.41) is 0. The second-order valence-electron chi connectivity index (χ2n) is 6.10. The van der Waals surface area contributed by atoms with Crippen LogP contribution in [0.2, 0.25) is 0 Å². The predicted molar refractivity (Wildman–Crippen MR) is 72.3 cm³/mol. The Morgan fingerprint density at radius 3 is 2.71 bits per heavy atom. The SMILES string of the molecule is CCN1CCC2Cc3[nH]c(C=O)c(C(F)(F)F)c3CC2C1. The Balaban J connectivity index is 1.96. The number of alkyl halides is 3. The number of fused-ring (bicyclic) bond motifs is 2. The zero-order chi connectivity index (χ0) is 15.2. The van der Waals surface area contributed by atoms with Crippen LogP contribution in [0.4, 0.5) is 13.2 Å². The first-order chi connectivity index (χ1) is 9.94. The normalized spacial score (nSPS) is 26.3. The minimum Gasteiger partial charge on any atom is -0.355 e. The summed E-state index contributed by atoms with van der Waals surface area (Å²) in [6.07, 6.45) is -2.09. The van der Waals surface area contributed by atoms with E-state index in [0.717, 1.165) is 26.1 Å². The fourth-order valence-electron chi connectivity index (χ4n) is 3.89. The van der Waals surface area contributed by atoms with Crippen molar-refractivity contribution in [1.29, 1.82) is 0 Å².